The number of hydrogen-bond donors (Lipinski definition) is 3. The van der Waals surface area contributed by atoms with Crippen molar-refractivity contribution in [1.82, 2.24) is 4.98 Å². The molecular formula is C24H22ClF2N3O. The molecule has 0 aliphatic heterocycles. The number of fused-ring (bicyclic) bond motifs is 3. The number of nitrogens with two attached hydrogens (primary N) is 1. The minimum atomic E-state index is -0.891. The van der Waals surface area contributed by atoms with Gasteiger partial charge in [-0.05, 0) is 54.7 Å². The van der Waals surface area contributed by atoms with Crippen molar-refractivity contribution in [3.8, 4) is 0 Å². The van der Waals surface area contributed by atoms with Crippen molar-refractivity contribution >= 4 is 45.8 Å². The summed E-state index contributed by atoms with van der Waals surface area (Å²) >= 11 is 0. The van der Waals surface area contributed by atoms with Gasteiger partial charge < -0.3 is 16.0 Å². The number of aromatic nitrogens is 1. The van der Waals surface area contributed by atoms with Crippen LogP contribution < -0.4 is 11.1 Å². The summed E-state index contributed by atoms with van der Waals surface area (Å²) < 4.78 is 27.1. The van der Waals surface area contributed by atoms with Crippen LogP contribution in [-0.4, -0.2) is 10.9 Å². The molecule has 0 bridgehead atoms. The normalized spacial score (nSPS) is 14.8. The molecule has 7 heteroatoms. The topological polar surface area (TPSA) is 70.9 Å². The Labute approximate surface area is 184 Å². The van der Waals surface area contributed by atoms with E-state index in [-0.39, 0.29) is 30.3 Å². The maximum absolute atomic E-state index is 13.6. The quantitative estimate of drug-likeness (QED) is 0.389. The zero-order valence-electron chi connectivity index (χ0n) is 16.7. The van der Waals surface area contributed by atoms with Crippen molar-refractivity contribution in [2.75, 3.05) is 5.32 Å². The van der Waals surface area contributed by atoms with E-state index in [9.17, 15) is 13.6 Å². The molecule has 31 heavy (non-hydrogen) atoms. The fraction of sp³-hybridized carbons (Fsp3) is 0.208. The summed E-state index contributed by atoms with van der Waals surface area (Å²) in [5, 5.41) is 4.31. The Morgan fingerprint density at radius 1 is 0.968 bits per heavy atom. The van der Waals surface area contributed by atoms with Crippen LogP contribution in [0.5, 0.6) is 0 Å². The molecule has 0 unspecified atom stereocenters. The van der Waals surface area contributed by atoms with Crippen LogP contribution >= 0.6 is 12.4 Å². The lowest BCUT2D eigenvalue weighted by Crippen LogP contribution is -2.43. The maximum Gasteiger partial charge on any atom is 0.228 e. The lowest BCUT2D eigenvalue weighted by molar-refractivity contribution is -0.115. The minimum absolute atomic E-state index is 0. The highest BCUT2D eigenvalue weighted by Crippen LogP contribution is 2.38. The van der Waals surface area contributed by atoms with E-state index in [4.69, 9.17) is 5.73 Å². The highest BCUT2D eigenvalue weighted by Gasteiger charge is 2.34. The molecule has 5 rings (SSSR count). The lowest BCUT2D eigenvalue weighted by atomic mass is 9.73. The van der Waals surface area contributed by atoms with Gasteiger partial charge in [0, 0.05) is 39.1 Å². The van der Waals surface area contributed by atoms with Gasteiger partial charge in [0.25, 0.3) is 0 Å². The van der Waals surface area contributed by atoms with E-state index < -0.39 is 11.6 Å². The predicted octanol–water partition coefficient (Wildman–Crippen LogP) is 5.54. The molecule has 1 saturated carbocycles. The Bertz CT molecular complexity index is 1280. The van der Waals surface area contributed by atoms with E-state index in [1.165, 1.54) is 6.07 Å². The fourth-order valence-corrected chi connectivity index (χ4v) is 4.18. The molecule has 1 aromatic heterocycles. The molecule has 160 valence electrons. The van der Waals surface area contributed by atoms with Crippen LogP contribution in [0.1, 0.15) is 30.4 Å². The minimum Gasteiger partial charge on any atom is -0.354 e. The second-order valence-electron chi connectivity index (χ2n) is 8.13. The molecule has 0 atom stereocenters. The SMILES string of the molecule is Cl.NC1(c2ccc(NC(=O)Cc3ccc4c(c3)[nH]c3cc(F)c(F)cc34)cc2)CCC1. The molecule has 0 radical (unpaired) electrons. The molecule has 1 amide bonds. The number of benzene rings is 3. The van der Waals surface area contributed by atoms with Crippen molar-refractivity contribution in [3.05, 3.63) is 77.4 Å². The van der Waals surface area contributed by atoms with Gasteiger partial charge in [0.1, 0.15) is 0 Å². The molecular weight excluding hydrogens is 420 g/mol. The zero-order chi connectivity index (χ0) is 20.9. The largest absolute Gasteiger partial charge is 0.354 e. The third-order valence-corrected chi connectivity index (χ3v) is 6.06. The number of anilines is 1. The van der Waals surface area contributed by atoms with Crippen molar-refractivity contribution in [2.45, 2.75) is 31.2 Å². The summed E-state index contributed by atoms with van der Waals surface area (Å²) in [6.45, 7) is 0. The summed E-state index contributed by atoms with van der Waals surface area (Å²) in [6.07, 6.45) is 3.33. The van der Waals surface area contributed by atoms with E-state index in [2.05, 4.69) is 10.3 Å². The maximum atomic E-state index is 13.6. The second-order valence-corrected chi connectivity index (χ2v) is 8.13. The Hall–Kier alpha value is -2.96. The van der Waals surface area contributed by atoms with Crippen LogP contribution in [0.4, 0.5) is 14.5 Å². The third kappa shape index (κ3) is 3.89. The summed E-state index contributed by atoms with van der Waals surface area (Å²) in [4.78, 5) is 15.6. The number of carbonyl (C=O) groups excluding carboxylic acids is 1. The molecule has 4 nitrogen and oxygen atoms in total. The number of halogens is 3. The van der Waals surface area contributed by atoms with E-state index >= 15 is 0 Å². The number of hydrogen-bond acceptors (Lipinski definition) is 2. The smallest absolute Gasteiger partial charge is 0.228 e. The number of amides is 1. The van der Waals surface area contributed by atoms with Crippen molar-refractivity contribution < 1.29 is 13.6 Å². The molecule has 4 N–H and O–H groups in total. The van der Waals surface area contributed by atoms with Crippen molar-refractivity contribution in [1.29, 1.82) is 0 Å². The Kier molecular flexibility index (Phi) is 5.45. The first-order valence-corrected chi connectivity index (χ1v) is 10.00. The van der Waals surface area contributed by atoms with Crippen LogP contribution in [-0.2, 0) is 16.8 Å². The van der Waals surface area contributed by atoms with Gasteiger partial charge in [0.05, 0.1) is 6.42 Å². The van der Waals surface area contributed by atoms with Crippen LogP contribution in [0.15, 0.2) is 54.6 Å². The predicted molar refractivity (Wildman–Crippen MR) is 121 cm³/mol. The second kappa shape index (κ2) is 7.94. The first-order valence-electron chi connectivity index (χ1n) is 10.00. The fourth-order valence-electron chi connectivity index (χ4n) is 4.18. The number of nitrogens with one attached hydrogen (secondary N) is 2. The number of carbonyl (C=O) groups is 1. The first-order chi connectivity index (χ1) is 14.4. The Morgan fingerprint density at radius 2 is 1.65 bits per heavy atom. The van der Waals surface area contributed by atoms with E-state index in [0.717, 1.165) is 53.0 Å². The lowest BCUT2D eigenvalue weighted by Gasteiger charge is -2.38. The van der Waals surface area contributed by atoms with Gasteiger partial charge in [-0.25, -0.2) is 8.78 Å². The molecule has 0 saturated heterocycles. The van der Waals surface area contributed by atoms with Gasteiger partial charge in [0.2, 0.25) is 5.91 Å². The summed E-state index contributed by atoms with van der Waals surface area (Å²) in [6, 6.07) is 15.5. The van der Waals surface area contributed by atoms with Crippen LogP contribution in [0.2, 0.25) is 0 Å². The molecule has 1 aliphatic rings. The number of H-pyrrole nitrogens is 1. The monoisotopic (exact) mass is 441 g/mol. The molecule has 1 aliphatic carbocycles. The van der Waals surface area contributed by atoms with Gasteiger partial charge in [-0.15, -0.1) is 12.4 Å². The zero-order valence-corrected chi connectivity index (χ0v) is 17.5. The van der Waals surface area contributed by atoms with Gasteiger partial charge in [-0.3, -0.25) is 4.79 Å². The average molecular weight is 442 g/mol. The van der Waals surface area contributed by atoms with Crippen molar-refractivity contribution in [3.63, 3.8) is 0 Å². The summed E-state index contributed by atoms with van der Waals surface area (Å²) in [5.41, 5.74) is 10.0. The highest BCUT2D eigenvalue weighted by atomic mass is 35.5. The molecule has 0 spiro atoms. The van der Waals surface area contributed by atoms with E-state index in [1.807, 2.05) is 42.5 Å². The molecule has 3 aromatic carbocycles. The van der Waals surface area contributed by atoms with Crippen LogP contribution in [0.25, 0.3) is 21.8 Å². The van der Waals surface area contributed by atoms with E-state index in [1.54, 1.807) is 0 Å². The Balaban J connectivity index is 0.00000231. The average Bonchev–Trinajstić information content (AvgIpc) is 3.03. The Morgan fingerprint density at radius 3 is 2.32 bits per heavy atom. The molecule has 1 heterocycles. The van der Waals surface area contributed by atoms with Gasteiger partial charge in [0.15, 0.2) is 11.6 Å². The standard InChI is InChI=1S/C24H21F2N3O.ClH/c25-19-12-18-17-7-2-14(10-21(17)29-22(18)13-20(19)26)11-23(30)28-16-5-3-15(4-6-16)24(27)8-1-9-24;/h2-7,10,12-13,29H,1,8-9,11,27H2,(H,28,30);1H. The summed E-state index contributed by atoms with van der Waals surface area (Å²) in [7, 11) is 0. The number of rotatable bonds is 4. The van der Waals surface area contributed by atoms with Crippen LogP contribution in [0, 0.1) is 11.6 Å². The highest BCUT2D eigenvalue weighted by molar-refractivity contribution is 6.07. The van der Waals surface area contributed by atoms with Crippen molar-refractivity contribution in [2.24, 2.45) is 5.73 Å². The third-order valence-electron chi connectivity index (χ3n) is 6.06. The van der Waals surface area contributed by atoms with Gasteiger partial charge in [-0.1, -0.05) is 24.3 Å². The number of aromatic amines is 1. The van der Waals surface area contributed by atoms with E-state index in [0.29, 0.717) is 10.9 Å². The van der Waals surface area contributed by atoms with Gasteiger partial charge >= 0.3 is 0 Å². The van der Waals surface area contributed by atoms with Gasteiger partial charge in [-0.2, -0.15) is 0 Å². The first kappa shape index (κ1) is 21.3. The molecule has 1 fully saturated rings. The molecule has 4 aromatic rings. The van der Waals surface area contributed by atoms with Crippen LogP contribution in [0.3, 0.4) is 0 Å². The summed E-state index contributed by atoms with van der Waals surface area (Å²) in [5.74, 6) is -1.91.